The lowest BCUT2D eigenvalue weighted by molar-refractivity contribution is 0.0633. The zero-order valence-corrected chi connectivity index (χ0v) is 12.2. The van der Waals surface area contributed by atoms with Gasteiger partial charge >= 0.3 is 0 Å². The summed E-state index contributed by atoms with van der Waals surface area (Å²) in [7, 11) is 0. The number of hydrogen-bond donors (Lipinski definition) is 2. The van der Waals surface area contributed by atoms with Crippen LogP contribution in [0.25, 0.3) is 0 Å². The van der Waals surface area contributed by atoms with Crippen molar-refractivity contribution in [3.05, 3.63) is 35.4 Å². The number of carbonyl (C=O) groups is 1. The molecule has 1 aliphatic heterocycles. The number of H-pyrrole nitrogens is 1. The number of aromatic nitrogens is 4. The molecule has 1 aliphatic carbocycles. The van der Waals surface area contributed by atoms with Crippen molar-refractivity contribution in [3.63, 3.8) is 0 Å². The molecular formula is C15H18N6O. The number of likely N-dealkylation sites (tertiary alicyclic amines) is 1. The summed E-state index contributed by atoms with van der Waals surface area (Å²) >= 11 is 0. The zero-order chi connectivity index (χ0) is 15.2. The highest BCUT2D eigenvalue weighted by Gasteiger charge is 2.44. The van der Waals surface area contributed by atoms with Gasteiger partial charge in [0.05, 0.1) is 17.5 Å². The Balaban J connectivity index is 1.65. The van der Waals surface area contributed by atoms with E-state index in [0.717, 1.165) is 37.9 Å². The van der Waals surface area contributed by atoms with Crippen LogP contribution < -0.4 is 5.73 Å². The Bertz CT molecular complexity index is 709. The molecule has 7 nitrogen and oxygen atoms in total. The van der Waals surface area contributed by atoms with Gasteiger partial charge < -0.3 is 10.6 Å². The number of nitrogen functional groups attached to an aromatic ring is 1. The highest BCUT2D eigenvalue weighted by atomic mass is 16.2. The molecule has 1 spiro atoms. The largest absolute Gasteiger partial charge is 0.368 e. The van der Waals surface area contributed by atoms with Crippen molar-refractivity contribution in [1.29, 1.82) is 0 Å². The second-order valence-electron chi connectivity index (χ2n) is 6.20. The first-order valence-corrected chi connectivity index (χ1v) is 7.58. The summed E-state index contributed by atoms with van der Waals surface area (Å²) in [4.78, 5) is 23.1. The fourth-order valence-electron chi connectivity index (χ4n) is 3.81. The van der Waals surface area contributed by atoms with E-state index in [0.29, 0.717) is 18.1 Å². The lowest BCUT2D eigenvalue weighted by atomic mass is 9.77. The number of carbonyl (C=O) groups excluding carboxylic acids is 1. The number of rotatable bonds is 1. The fraction of sp³-hybridized carbons (Fsp3) is 0.467. The molecule has 2 aromatic rings. The number of fused-ring (bicyclic) bond motifs is 2. The maximum absolute atomic E-state index is 12.6. The molecule has 0 bridgehead atoms. The van der Waals surface area contributed by atoms with Gasteiger partial charge in [0.2, 0.25) is 5.95 Å². The summed E-state index contributed by atoms with van der Waals surface area (Å²) in [6.45, 7) is 1.47. The van der Waals surface area contributed by atoms with Crippen LogP contribution >= 0.6 is 0 Å². The van der Waals surface area contributed by atoms with Gasteiger partial charge in [-0.05, 0) is 31.2 Å². The third kappa shape index (κ3) is 1.96. The van der Waals surface area contributed by atoms with E-state index >= 15 is 0 Å². The Labute approximate surface area is 127 Å². The van der Waals surface area contributed by atoms with Crippen LogP contribution in [0.5, 0.6) is 0 Å². The molecule has 3 N–H and O–H groups in total. The summed E-state index contributed by atoms with van der Waals surface area (Å²) in [5.41, 5.74) is 8.54. The van der Waals surface area contributed by atoms with Gasteiger partial charge in [-0.1, -0.05) is 0 Å². The van der Waals surface area contributed by atoms with E-state index in [4.69, 9.17) is 5.73 Å². The van der Waals surface area contributed by atoms with E-state index in [1.165, 1.54) is 5.56 Å². The molecule has 2 aliphatic rings. The smallest absolute Gasteiger partial charge is 0.257 e. The predicted molar refractivity (Wildman–Crippen MR) is 80.2 cm³/mol. The summed E-state index contributed by atoms with van der Waals surface area (Å²) in [6, 6.07) is 0. The fourth-order valence-corrected chi connectivity index (χ4v) is 3.81. The highest BCUT2D eigenvalue weighted by Crippen LogP contribution is 2.44. The van der Waals surface area contributed by atoms with Crippen molar-refractivity contribution in [1.82, 2.24) is 25.1 Å². The first-order chi connectivity index (χ1) is 10.7. The number of aromatic amines is 1. The van der Waals surface area contributed by atoms with Gasteiger partial charge in [0.25, 0.3) is 5.91 Å². The van der Waals surface area contributed by atoms with Crippen LogP contribution in [0.4, 0.5) is 5.95 Å². The Morgan fingerprint density at radius 2 is 2.27 bits per heavy atom. The summed E-state index contributed by atoms with van der Waals surface area (Å²) in [6.07, 6.45) is 9.06. The molecule has 2 aromatic heterocycles. The van der Waals surface area contributed by atoms with Gasteiger partial charge in [0.15, 0.2) is 0 Å². The molecule has 1 amide bonds. The first-order valence-electron chi connectivity index (χ1n) is 7.58. The monoisotopic (exact) mass is 298 g/mol. The second kappa shape index (κ2) is 4.79. The summed E-state index contributed by atoms with van der Waals surface area (Å²) < 4.78 is 0. The van der Waals surface area contributed by atoms with Crippen LogP contribution in [0.1, 0.15) is 40.9 Å². The average molecular weight is 298 g/mol. The number of nitrogens with two attached hydrogens (primary N) is 1. The first kappa shape index (κ1) is 13.2. The quantitative estimate of drug-likeness (QED) is 0.814. The molecule has 4 rings (SSSR count). The highest BCUT2D eigenvalue weighted by molar-refractivity contribution is 5.93. The normalized spacial score (nSPS) is 23.7. The van der Waals surface area contributed by atoms with Gasteiger partial charge in [-0.15, -0.1) is 0 Å². The van der Waals surface area contributed by atoms with E-state index in [1.54, 1.807) is 12.4 Å². The molecule has 22 heavy (non-hydrogen) atoms. The summed E-state index contributed by atoms with van der Waals surface area (Å²) in [5, 5.41) is 6.56. The topological polar surface area (TPSA) is 101 Å². The van der Waals surface area contributed by atoms with Crippen LogP contribution in [-0.2, 0) is 11.8 Å². The maximum Gasteiger partial charge on any atom is 0.257 e. The molecular weight excluding hydrogens is 280 g/mol. The van der Waals surface area contributed by atoms with E-state index in [9.17, 15) is 4.79 Å². The van der Waals surface area contributed by atoms with Crippen LogP contribution in [-0.4, -0.2) is 44.1 Å². The molecule has 1 saturated heterocycles. The lowest BCUT2D eigenvalue weighted by Gasteiger charge is -2.40. The number of anilines is 1. The van der Waals surface area contributed by atoms with Gasteiger partial charge in [-0.2, -0.15) is 5.10 Å². The minimum absolute atomic E-state index is 0.0308. The standard InChI is InChI=1S/C15H18N6O/c16-14-17-6-10-2-4-15(12(10)20-14)3-1-5-21(9-15)13(22)11-7-18-19-8-11/h6-8H,1-5,9H2,(H,18,19)(H2,16,17,20). The number of nitrogens with one attached hydrogen (secondary N) is 1. The number of aryl methyl sites for hydroxylation is 1. The van der Waals surface area contributed by atoms with E-state index in [-0.39, 0.29) is 11.3 Å². The van der Waals surface area contributed by atoms with Crippen molar-refractivity contribution >= 4 is 11.9 Å². The molecule has 1 fully saturated rings. The molecule has 3 heterocycles. The Morgan fingerprint density at radius 3 is 3.09 bits per heavy atom. The second-order valence-corrected chi connectivity index (χ2v) is 6.20. The van der Waals surface area contributed by atoms with Gasteiger partial charge in [0, 0.05) is 30.9 Å². The van der Waals surface area contributed by atoms with Crippen molar-refractivity contribution in [2.45, 2.75) is 31.1 Å². The average Bonchev–Trinajstić information content (AvgIpc) is 3.17. The molecule has 1 unspecified atom stereocenters. The molecule has 1 atom stereocenters. The molecule has 0 radical (unpaired) electrons. The van der Waals surface area contributed by atoms with Crippen LogP contribution in [0, 0.1) is 0 Å². The van der Waals surface area contributed by atoms with Gasteiger partial charge in [-0.3, -0.25) is 9.89 Å². The number of piperidine rings is 1. The third-order valence-corrected chi connectivity index (χ3v) is 4.87. The SMILES string of the molecule is Nc1ncc2c(n1)C1(CCCN(C(=O)c3cn[nH]c3)C1)CC2. The van der Waals surface area contributed by atoms with Crippen molar-refractivity contribution < 1.29 is 4.79 Å². The Kier molecular flexibility index (Phi) is 2.88. The molecule has 0 aromatic carbocycles. The third-order valence-electron chi connectivity index (χ3n) is 4.87. The molecule has 0 saturated carbocycles. The van der Waals surface area contributed by atoms with Crippen LogP contribution in [0.3, 0.4) is 0 Å². The number of nitrogens with zero attached hydrogens (tertiary/aromatic N) is 4. The lowest BCUT2D eigenvalue weighted by Crippen LogP contribution is -2.48. The zero-order valence-electron chi connectivity index (χ0n) is 12.2. The predicted octanol–water partition coefficient (Wildman–Crippen LogP) is 0.902. The Hall–Kier alpha value is -2.44. The van der Waals surface area contributed by atoms with Crippen LogP contribution in [0.15, 0.2) is 18.6 Å². The van der Waals surface area contributed by atoms with E-state index in [2.05, 4.69) is 20.2 Å². The van der Waals surface area contributed by atoms with Gasteiger partial charge in [-0.25, -0.2) is 9.97 Å². The Morgan fingerprint density at radius 1 is 1.36 bits per heavy atom. The van der Waals surface area contributed by atoms with Crippen molar-refractivity contribution in [2.75, 3.05) is 18.8 Å². The van der Waals surface area contributed by atoms with Crippen molar-refractivity contribution in [3.8, 4) is 0 Å². The minimum Gasteiger partial charge on any atom is -0.368 e. The summed E-state index contributed by atoms with van der Waals surface area (Å²) in [5.74, 6) is 0.349. The van der Waals surface area contributed by atoms with E-state index in [1.807, 2.05) is 11.1 Å². The van der Waals surface area contributed by atoms with Gasteiger partial charge in [0.1, 0.15) is 0 Å². The van der Waals surface area contributed by atoms with Crippen LogP contribution in [0.2, 0.25) is 0 Å². The van der Waals surface area contributed by atoms with Crippen molar-refractivity contribution in [2.24, 2.45) is 0 Å². The number of hydrogen-bond acceptors (Lipinski definition) is 5. The molecule has 7 heteroatoms. The molecule has 114 valence electrons. The van der Waals surface area contributed by atoms with E-state index < -0.39 is 0 Å². The number of amides is 1. The minimum atomic E-state index is -0.0654. The maximum atomic E-state index is 12.6.